The largest absolute Gasteiger partial charge is 0.310 e. The third-order valence-electron chi connectivity index (χ3n) is 3.50. The molecule has 0 radical (unpaired) electrons. The van der Waals surface area contributed by atoms with Crippen LogP contribution in [0.5, 0.6) is 0 Å². The Morgan fingerprint density at radius 3 is 3.00 bits per heavy atom. The van der Waals surface area contributed by atoms with Crippen molar-refractivity contribution in [3.05, 3.63) is 63.3 Å². The summed E-state index contributed by atoms with van der Waals surface area (Å²) in [7, 11) is 0. The van der Waals surface area contributed by atoms with Gasteiger partial charge in [0.25, 0.3) is 5.56 Å². The van der Waals surface area contributed by atoms with Crippen molar-refractivity contribution in [3.8, 4) is 0 Å². The molecule has 1 unspecified atom stereocenters. The van der Waals surface area contributed by atoms with E-state index in [9.17, 15) is 4.79 Å². The highest BCUT2D eigenvalue weighted by atomic mass is 79.9. The normalized spacial score (nSPS) is 17.7. The lowest BCUT2D eigenvalue weighted by Gasteiger charge is -2.10. The lowest BCUT2D eigenvalue weighted by atomic mass is 10.0. The van der Waals surface area contributed by atoms with Gasteiger partial charge in [-0.2, -0.15) is 0 Å². The van der Waals surface area contributed by atoms with E-state index < -0.39 is 0 Å². The highest BCUT2D eigenvalue weighted by Crippen LogP contribution is 2.35. The number of alkyl halides is 1. The highest BCUT2D eigenvalue weighted by Gasteiger charge is 2.25. The molecule has 18 heavy (non-hydrogen) atoms. The van der Waals surface area contributed by atoms with Gasteiger partial charge in [-0.15, -0.1) is 0 Å². The fourth-order valence-corrected chi connectivity index (χ4v) is 2.95. The Hall–Kier alpha value is -1.42. The van der Waals surface area contributed by atoms with Crippen LogP contribution in [0.25, 0.3) is 0 Å². The number of nitrogens with zero attached hydrogens (tertiary/aromatic N) is 1. The fraction of sp³-hybridized carbons (Fsp3) is 0.286. The number of hydrogen-bond acceptors (Lipinski definition) is 2. The molecular weight excluding hydrogens is 292 g/mol. The van der Waals surface area contributed by atoms with Crippen LogP contribution >= 0.6 is 15.9 Å². The van der Waals surface area contributed by atoms with Gasteiger partial charge in [0.2, 0.25) is 0 Å². The number of nitrogens with one attached hydrogen (secondary N) is 1. The molecule has 1 aromatic heterocycles. The Kier molecular flexibility index (Phi) is 3.04. The van der Waals surface area contributed by atoms with Crippen LogP contribution in [0.1, 0.15) is 34.9 Å². The van der Waals surface area contributed by atoms with Crippen molar-refractivity contribution in [3.63, 3.8) is 0 Å². The number of halogens is 1. The lowest BCUT2D eigenvalue weighted by Crippen LogP contribution is -2.17. The molecule has 0 spiro atoms. The summed E-state index contributed by atoms with van der Waals surface area (Å²) in [6, 6.07) is 8.39. The van der Waals surface area contributed by atoms with Gasteiger partial charge in [-0.05, 0) is 24.0 Å². The summed E-state index contributed by atoms with van der Waals surface area (Å²) in [5.74, 6) is 1.02. The van der Waals surface area contributed by atoms with Gasteiger partial charge in [-0.3, -0.25) is 4.79 Å². The molecule has 0 saturated heterocycles. The van der Waals surface area contributed by atoms with Gasteiger partial charge in [0.05, 0.1) is 0 Å². The molecule has 0 aliphatic heterocycles. The maximum atomic E-state index is 11.8. The molecule has 1 N–H and O–H groups in total. The fourth-order valence-electron chi connectivity index (χ4n) is 2.55. The summed E-state index contributed by atoms with van der Waals surface area (Å²) in [6.07, 6.45) is 3.75. The van der Waals surface area contributed by atoms with Crippen LogP contribution in [0.15, 0.2) is 35.3 Å². The quantitative estimate of drug-likeness (QED) is 0.867. The monoisotopic (exact) mass is 304 g/mol. The van der Waals surface area contributed by atoms with Gasteiger partial charge in [0, 0.05) is 23.0 Å². The number of hydrogen-bond donors (Lipinski definition) is 1. The van der Waals surface area contributed by atoms with Gasteiger partial charge in [0.15, 0.2) is 0 Å². The maximum absolute atomic E-state index is 11.8. The average molecular weight is 305 g/mol. The van der Waals surface area contributed by atoms with E-state index in [0.29, 0.717) is 10.9 Å². The zero-order valence-electron chi connectivity index (χ0n) is 9.82. The first kappa shape index (κ1) is 11.7. The molecule has 3 rings (SSSR count). The second-order valence-electron chi connectivity index (χ2n) is 4.55. The molecule has 1 aromatic carbocycles. The molecule has 3 nitrogen and oxygen atoms in total. The third kappa shape index (κ3) is 1.90. The Morgan fingerprint density at radius 1 is 1.39 bits per heavy atom. The van der Waals surface area contributed by atoms with Crippen molar-refractivity contribution in [2.45, 2.75) is 24.1 Å². The minimum atomic E-state index is -0.0405. The van der Waals surface area contributed by atoms with E-state index in [0.717, 1.165) is 18.7 Å². The third-order valence-corrected chi connectivity index (χ3v) is 4.10. The van der Waals surface area contributed by atoms with Crippen LogP contribution < -0.4 is 5.56 Å². The van der Waals surface area contributed by atoms with E-state index in [1.165, 1.54) is 11.1 Å². The molecule has 4 heteroatoms. The van der Waals surface area contributed by atoms with Crippen molar-refractivity contribution in [2.24, 2.45) is 0 Å². The van der Waals surface area contributed by atoms with Gasteiger partial charge in [-0.1, -0.05) is 40.2 Å². The predicted octanol–water partition coefficient (Wildman–Crippen LogP) is 2.74. The van der Waals surface area contributed by atoms with Crippen molar-refractivity contribution in [2.75, 3.05) is 0 Å². The minimum Gasteiger partial charge on any atom is -0.310 e. The summed E-state index contributed by atoms with van der Waals surface area (Å²) < 4.78 is 0. The summed E-state index contributed by atoms with van der Waals surface area (Å²) >= 11 is 3.28. The second-order valence-corrected chi connectivity index (χ2v) is 5.11. The summed E-state index contributed by atoms with van der Waals surface area (Å²) in [4.78, 5) is 19.1. The molecule has 92 valence electrons. The lowest BCUT2D eigenvalue weighted by molar-refractivity contribution is 0.720. The Balaban J connectivity index is 2.03. The molecule has 0 fully saturated rings. The van der Waals surface area contributed by atoms with Crippen LogP contribution in [-0.4, -0.2) is 9.97 Å². The van der Waals surface area contributed by atoms with E-state index in [1.807, 2.05) is 6.07 Å². The number of aromatic amines is 1. The van der Waals surface area contributed by atoms with Crippen molar-refractivity contribution in [1.82, 2.24) is 9.97 Å². The molecule has 0 bridgehead atoms. The van der Waals surface area contributed by atoms with Gasteiger partial charge in [0.1, 0.15) is 5.82 Å². The van der Waals surface area contributed by atoms with E-state index in [2.05, 4.69) is 44.1 Å². The zero-order chi connectivity index (χ0) is 12.5. The first-order chi connectivity index (χ1) is 8.79. The Bertz CT molecular complexity index is 636. The predicted molar refractivity (Wildman–Crippen MR) is 74.1 cm³/mol. The van der Waals surface area contributed by atoms with Crippen LogP contribution in [0.4, 0.5) is 0 Å². The zero-order valence-corrected chi connectivity index (χ0v) is 11.4. The van der Waals surface area contributed by atoms with Crippen molar-refractivity contribution in [1.29, 1.82) is 0 Å². The van der Waals surface area contributed by atoms with Crippen molar-refractivity contribution >= 4 is 15.9 Å². The smallest absolute Gasteiger partial charge is 0.254 e. The van der Waals surface area contributed by atoms with Crippen LogP contribution in [0.2, 0.25) is 0 Å². The molecular formula is C14H13BrN2O. The van der Waals surface area contributed by atoms with Crippen LogP contribution in [0, 0.1) is 0 Å². The highest BCUT2D eigenvalue weighted by molar-refractivity contribution is 9.08. The summed E-state index contributed by atoms with van der Waals surface area (Å²) in [5, 5.41) is 0.539. The van der Waals surface area contributed by atoms with Crippen LogP contribution in [0.3, 0.4) is 0 Å². The van der Waals surface area contributed by atoms with Crippen LogP contribution in [-0.2, 0) is 11.8 Å². The summed E-state index contributed by atoms with van der Waals surface area (Å²) in [5.41, 5.74) is 3.30. The Morgan fingerprint density at radius 2 is 2.22 bits per heavy atom. The second kappa shape index (κ2) is 4.69. The number of aryl methyl sites for hydroxylation is 1. The standard InChI is InChI=1S/C14H13BrN2O/c15-7-10-8-16-13(17-14(10)18)12-6-5-9-3-1-2-4-11(9)12/h1-4,8,12H,5-7H2,(H,16,17,18). The molecule has 0 saturated carbocycles. The van der Waals surface area contributed by atoms with Crippen molar-refractivity contribution < 1.29 is 0 Å². The maximum Gasteiger partial charge on any atom is 0.254 e. The first-order valence-corrected chi connectivity index (χ1v) is 7.13. The SMILES string of the molecule is O=c1[nH]c(C2CCc3ccccc32)ncc1CBr. The average Bonchev–Trinajstić information content (AvgIpc) is 2.82. The van der Waals surface area contributed by atoms with Gasteiger partial charge < -0.3 is 4.98 Å². The van der Waals surface area contributed by atoms with E-state index >= 15 is 0 Å². The molecule has 1 aliphatic rings. The minimum absolute atomic E-state index is 0.0405. The molecule has 1 atom stereocenters. The Labute approximate surface area is 113 Å². The molecule has 1 aliphatic carbocycles. The summed E-state index contributed by atoms with van der Waals surface area (Å²) in [6.45, 7) is 0. The van der Waals surface area contributed by atoms with E-state index in [-0.39, 0.29) is 11.5 Å². The topological polar surface area (TPSA) is 45.8 Å². The number of H-pyrrole nitrogens is 1. The van der Waals surface area contributed by atoms with Gasteiger partial charge >= 0.3 is 0 Å². The molecule has 0 amide bonds. The van der Waals surface area contributed by atoms with E-state index in [4.69, 9.17) is 0 Å². The number of benzene rings is 1. The number of rotatable bonds is 2. The number of fused-ring (bicyclic) bond motifs is 1. The van der Waals surface area contributed by atoms with E-state index in [1.54, 1.807) is 6.20 Å². The number of aromatic nitrogens is 2. The molecule has 1 heterocycles. The van der Waals surface area contributed by atoms with Gasteiger partial charge in [-0.25, -0.2) is 4.98 Å². The first-order valence-electron chi connectivity index (χ1n) is 6.01. The molecule has 2 aromatic rings.